The smallest absolute Gasteiger partial charge is 0.123 e. The fourth-order valence-electron chi connectivity index (χ4n) is 4.60. The molecule has 2 aliphatic carbocycles. The summed E-state index contributed by atoms with van der Waals surface area (Å²) >= 11 is 0. The van der Waals surface area contributed by atoms with Gasteiger partial charge < -0.3 is 10.5 Å². The van der Waals surface area contributed by atoms with E-state index in [4.69, 9.17) is 5.73 Å². The van der Waals surface area contributed by atoms with Gasteiger partial charge in [-0.2, -0.15) is 0 Å². The molecule has 2 N–H and O–H groups in total. The lowest BCUT2D eigenvalue weighted by Gasteiger charge is -2.37. The van der Waals surface area contributed by atoms with Crippen molar-refractivity contribution in [2.45, 2.75) is 63.8 Å². The van der Waals surface area contributed by atoms with Crippen LogP contribution in [-0.4, -0.2) is 6.29 Å². The maximum absolute atomic E-state index is 10.9. The van der Waals surface area contributed by atoms with Crippen molar-refractivity contribution in [1.82, 2.24) is 0 Å². The van der Waals surface area contributed by atoms with Crippen LogP contribution in [0.15, 0.2) is 24.3 Å². The van der Waals surface area contributed by atoms with Crippen LogP contribution < -0.4 is 5.73 Å². The number of nitrogens with two attached hydrogens (primary N) is 1. The summed E-state index contributed by atoms with van der Waals surface area (Å²) < 4.78 is 0. The van der Waals surface area contributed by atoms with Gasteiger partial charge in [0.25, 0.3) is 0 Å². The van der Waals surface area contributed by atoms with E-state index in [1.54, 1.807) is 0 Å². The van der Waals surface area contributed by atoms with Crippen LogP contribution in [0.1, 0.15) is 68.4 Å². The van der Waals surface area contributed by atoms with Crippen LogP contribution in [-0.2, 0) is 11.3 Å². The zero-order valence-corrected chi connectivity index (χ0v) is 13.5. The van der Waals surface area contributed by atoms with Crippen LogP contribution in [0.2, 0.25) is 0 Å². The Labute approximate surface area is 134 Å². The van der Waals surface area contributed by atoms with Crippen LogP contribution in [0.3, 0.4) is 0 Å². The molecule has 2 fully saturated rings. The SMILES string of the molecule is NCc1ccc([C@H]2CC[C@H]([C@H]3CC[C@@H](C=O)CC3)CC2)cc1. The second-order valence-corrected chi connectivity index (χ2v) is 7.37. The summed E-state index contributed by atoms with van der Waals surface area (Å²) in [6, 6.07) is 8.93. The van der Waals surface area contributed by atoms with Crippen LogP contribution in [0, 0.1) is 17.8 Å². The first-order chi connectivity index (χ1) is 10.8. The highest BCUT2D eigenvalue weighted by Crippen LogP contribution is 2.43. The number of hydrogen-bond donors (Lipinski definition) is 1. The third-order valence-corrected chi connectivity index (χ3v) is 6.13. The van der Waals surface area contributed by atoms with Crippen molar-refractivity contribution in [2.75, 3.05) is 0 Å². The zero-order valence-electron chi connectivity index (χ0n) is 13.5. The predicted molar refractivity (Wildman–Crippen MR) is 90.5 cm³/mol. The molecule has 0 heterocycles. The average Bonchev–Trinajstić information content (AvgIpc) is 2.62. The van der Waals surface area contributed by atoms with E-state index in [0.29, 0.717) is 12.5 Å². The van der Waals surface area contributed by atoms with Crippen molar-refractivity contribution >= 4 is 6.29 Å². The first kappa shape index (κ1) is 15.7. The highest BCUT2D eigenvalue weighted by molar-refractivity contribution is 5.53. The van der Waals surface area contributed by atoms with Crippen molar-refractivity contribution in [3.63, 3.8) is 0 Å². The number of carbonyl (C=O) groups excluding carboxylic acids is 1. The number of benzene rings is 1. The van der Waals surface area contributed by atoms with Gasteiger partial charge in [-0.3, -0.25) is 0 Å². The quantitative estimate of drug-likeness (QED) is 0.836. The van der Waals surface area contributed by atoms with E-state index in [2.05, 4.69) is 24.3 Å². The molecule has 0 spiro atoms. The summed E-state index contributed by atoms with van der Waals surface area (Å²) in [6.45, 7) is 0.635. The van der Waals surface area contributed by atoms with Crippen LogP contribution in [0.25, 0.3) is 0 Å². The second-order valence-electron chi connectivity index (χ2n) is 7.37. The molecular weight excluding hydrogens is 270 g/mol. The predicted octanol–water partition coefficient (Wildman–Crippen LogP) is 4.42. The molecule has 22 heavy (non-hydrogen) atoms. The third-order valence-electron chi connectivity index (χ3n) is 6.13. The van der Waals surface area contributed by atoms with Gasteiger partial charge in [-0.05, 0) is 80.2 Å². The molecule has 0 aliphatic heterocycles. The van der Waals surface area contributed by atoms with E-state index in [-0.39, 0.29) is 0 Å². The number of aldehydes is 1. The largest absolute Gasteiger partial charge is 0.326 e. The van der Waals surface area contributed by atoms with Gasteiger partial charge in [0.15, 0.2) is 0 Å². The Kier molecular flexibility index (Phi) is 5.30. The fraction of sp³-hybridized carbons (Fsp3) is 0.650. The number of rotatable bonds is 4. The summed E-state index contributed by atoms with van der Waals surface area (Å²) in [5.74, 6) is 2.90. The van der Waals surface area contributed by atoms with Gasteiger partial charge in [-0.25, -0.2) is 0 Å². The van der Waals surface area contributed by atoms with Gasteiger partial charge in [0.2, 0.25) is 0 Å². The summed E-state index contributed by atoms with van der Waals surface area (Å²) in [7, 11) is 0. The van der Waals surface area contributed by atoms with E-state index in [1.165, 1.54) is 55.9 Å². The minimum atomic E-state index is 0.355. The molecular formula is C20H29NO. The zero-order chi connectivity index (χ0) is 15.4. The molecule has 1 aromatic rings. The molecule has 0 amide bonds. The number of hydrogen-bond acceptors (Lipinski definition) is 2. The summed E-state index contributed by atoms with van der Waals surface area (Å²) in [5.41, 5.74) is 8.40. The van der Waals surface area contributed by atoms with E-state index >= 15 is 0 Å². The van der Waals surface area contributed by atoms with Crippen molar-refractivity contribution in [2.24, 2.45) is 23.5 Å². The molecule has 3 rings (SSSR count). The number of carbonyl (C=O) groups is 1. The normalized spacial score (nSPS) is 32.6. The average molecular weight is 299 g/mol. The van der Waals surface area contributed by atoms with Gasteiger partial charge in [-0.1, -0.05) is 24.3 Å². The van der Waals surface area contributed by atoms with Gasteiger partial charge in [0.05, 0.1) is 0 Å². The molecule has 1 aromatic carbocycles. The molecule has 0 bridgehead atoms. The highest BCUT2D eigenvalue weighted by atomic mass is 16.1. The Morgan fingerprint density at radius 1 is 0.864 bits per heavy atom. The standard InChI is InChI=1S/C20H29NO/c21-13-15-1-5-17(6-2-15)19-9-11-20(12-10-19)18-7-3-16(14-22)4-8-18/h1-2,5-6,14,16,18-20H,3-4,7-13,21H2/t16-,18+,19-,20-. The van der Waals surface area contributed by atoms with E-state index in [0.717, 1.165) is 30.6 Å². The molecule has 2 aliphatic rings. The second kappa shape index (κ2) is 7.41. The summed E-state index contributed by atoms with van der Waals surface area (Å²) in [6.07, 6.45) is 11.4. The van der Waals surface area contributed by atoms with Gasteiger partial charge in [0.1, 0.15) is 6.29 Å². The lowest BCUT2D eigenvalue weighted by molar-refractivity contribution is -0.112. The van der Waals surface area contributed by atoms with Gasteiger partial charge in [0, 0.05) is 12.5 Å². The maximum Gasteiger partial charge on any atom is 0.123 e. The molecule has 0 radical (unpaired) electrons. The molecule has 0 saturated heterocycles. The van der Waals surface area contributed by atoms with E-state index in [1.807, 2.05) is 0 Å². The van der Waals surface area contributed by atoms with Crippen LogP contribution >= 0.6 is 0 Å². The minimum Gasteiger partial charge on any atom is -0.326 e. The van der Waals surface area contributed by atoms with Crippen LogP contribution in [0.5, 0.6) is 0 Å². The van der Waals surface area contributed by atoms with E-state index in [9.17, 15) is 4.79 Å². The van der Waals surface area contributed by atoms with Crippen molar-refractivity contribution in [3.8, 4) is 0 Å². The first-order valence-corrected chi connectivity index (χ1v) is 9.04. The molecule has 2 nitrogen and oxygen atoms in total. The van der Waals surface area contributed by atoms with Gasteiger partial charge >= 0.3 is 0 Å². The Bertz CT molecular complexity index is 465. The first-order valence-electron chi connectivity index (χ1n) is 9.04. The Morgan fingerprint density at radius 2 is 1.41 bits per heavy atom. The summed E-state index contributed by atoms with van der Waals surface area (Å²) in [5, 5.41) is 0. The maximum atomic E-state index is 10.9. The highest BCUT2D eigenvalue weighted by Gasteiger charge is 2.31. The Balaban J connectivity index is 1.50. The van der Waals surface area contributed by atoms with Crippen molar-refractivity contribution in [1.29, 1.82) is 0 Å². The molecule has 120 valence electrons. The lowest BCUT2D eigenvalue weighted by atomic mass is 9.68. The topological polar surface area (TPSA) is 43.1 Å². The molecule has 2 heteroatoms. The summed E-state index contributed by atoms with van der Waals surface area (Å²) in [4.78, 5) is 10.9. The lowest BCUT2D eigenvalue weighted by Crippen LogP contribution is -2.25. The Hall–Kier alpha value is -1.15. The van der Waals surface area contributed by atoms with E-state index < -0.39 is 0 Å². The molecule has 2 saturated carbocycles. The third kappa shape index (κ3) is 3.60. The molecule has 0 atom stereocenters. The molecule has 0 unspecified atom stereocenters. The van der Waals surface area contributed by atoms with Gasteiger partial charge in [-0.15, -0.1) is 0 Å². The monoisotopic (exact) mass is 299 g/mol. The van der Waals surface area contributed by atoms with Crippen molar-refractivity contribution < 1.29 is 4.79 Å². The minimum absolute atomic E-state index is 0.355. The van der Waals surface area contributed by atoms with Crippen LogP contribution in [0.4, 0.5) is 0 Å². The van der Waals surface area contributed by atoms with Crippen molar-refractivity contribution in [3.05, 3.63) is 35.4 Å². The fourth-order valence-corrected chi connectivity index (χ4v) is 4.60. The molecule has 0 aromatic heterocycles. The Morgan fingerprint density at radius 3 is 1.91 bits per heavy atom.